The standard InChI is InChI=1S/C21H20ClFN6/c1-24-9-13-2-3-17-14(11-27-18(17)6-13)4-5-26-20-8-19(22)28-21(29-20)15-7-16(23)12-25-10-15/h2-3,6-8,10-12,24,27H,4-5,9H2,1H3,(H,26,28,29). The summed E-state index contributed by atoms with van der Waals surface area (Å²) in [7, 11) is 1.94. The topological polar surface area (TPSA) is 78.5 Å². The summed E-state index contributed by atoms with van der Waals surface area (Å²) < 4.78 is 13.4. The number of fused-ring (bicyclic) bond motifs is 1. The summed E-state index contributed by atoms with van der Waals surface area (Å²) in [4.78, 5) is 15.8. The Morgan fingerprint density at radius 3 is 2.86 bits per heavy atom. The molecule has 0 bridgehead atoms. The lowest BCUT2D eigenvalue weighted by Crippen LogP contribution is -2.07. The molecule has 0 aliphatic heterocycles. The zero-order valence-electron chi connectivity index (χ0n) is 15.8. The van der Waals surface area contributed by atoms with Crippen LogP contribution in [0.1, 0.15) is 11.1 Å². The van der Waals surface area contributed by atoms with E-state index in [0.717, 1.165) is 24.7 Å². The van der Waals surface area contributed by atoms with Crippen molar-refractivity contribution in [3.8, 4) is 11.4 Å². The number of rotatable bonds is 7. The zero-order valence-corrected chi connectivity index (χ0v) is 16.6. The maximum atomic E-state index is 13.4. The maximum Gasteiger partial charge on any atom is 0.164 e. The van der Waals surface area contributed by atoms with E-state index in [1.54, 1.807) is 6.07 Å². The fourth-order valence-corrected chi connectivity index (χ4v) is 3.43. The van der Waals surface area contributed by atoms with Crippen LogP contribution in [-0.4, -0.2) is 33.5 Å². The van der Waals surface area contributed by atoms with Gasteiger partial charge in [0.2, 0.25) is 0 Å². The van der Waals surface area contributed by atoms with Gasteiger partial charge in [0.15, 0.2) is 5.82 Å². The Kier molecular flexibility index (Phi) is 5.69. The molecule has 29 heavy (non-hydrogen) atoms. The molecule has 0 spiro atoms. The van der Waals surface area contributed by atoms with Crippen molar-refractivity contribution in [1.29, 1.82) is 0 Å². The molecule has 3 heterocycles. The molecule has 8 heteroatoms. The molecule has 0 atom stereocenters. The van der Waals surface area contributed by atoms with Crippen molar-refractivity contribution in [1.82, 2.24) is 25.3 Å². The van der Waals surface area contributed by atoms with Crippen LogP contribution < -0.4 is 10.6 Å². The number of nitrogens with zero attached hydrogens (tertiary/aromatic N) is 3. The van der Waals surface area contributed by atoms with Gasteiger partial charge < -0.3 is 15.6 Å². The molecule has 0 amide bonds. The van der Waals surface area contributed by atoms with E-state index in [2.05, 4.69) is 48.8 Å². The summed E-state index contributed by atoms with van der Waals surface area (Å²) in [5, 5.41) is 7.92. The second-order valence-electron chi connectivity index (χ2n) is 6.69. The molecule has 0 unspecified atom stereocenters. The lowest BCUT2D eigenvalue weighted by Gasteiger charge is -2.08. The number of aromatic amines is 1. The van der Waals surface area contributed by atoms with Gasteiger partial charge in [0, 0.05) is 48.0 Å². The summed E-state index contributed by atoms with van der Waals surface area (Å²) in [6, 6.07) is 9.41. The number of halogens is 2. The third-order valence-electron chi connectivity index (χ3n) is 4.57. The van der Waals surface area contributed by atoms with E-state index in [-0.39, 0.29) is 5.15 Å². The monoisotopic (exact) mass is 410 g/mol. The first-order chi connectivity index (χ1) is 14.1. The van der Waals surface area contributed by atoms with Gasteiger partial charge in [-0.05, 0) is 36.7 Å². The minimum absolute atomic E-state index is 0.283. The van der Waals surface area contributed by atoms with Crippen LogP contribution >= 0.6 is 11.6 Å². The van der Waals surface area contributed by atoms with Gasteiger partial charge in [-0.1, -0.05) is 23.7 Å². The van der Waals surface area contributed by atoms with E-state index in [1.807, 2.05) is 13.2 Å². The first kappa shape index (κ1) is 19.3. The highest BCUT2D eigenvalue weighted by Crippen LogP contribution is 2.22. The molecule has 3 aromatic heterocycles. The lowest BCUT2D eigenvalue weighted by atomic mass is 10.1. The predicted octanol–water partition coefficient (Wildman–Crippen LogP) is 4.19. The minimum atomic E-state index is -0.446. The summed E-state index contributed by atoms with van der Waals surface area (Å²) in [5.41, 5.74) is 4.06. The maximum absolute atomic E-state index is 13.4. The molecule has 0 aliphatic rings. The molecule has 0 saturated carbocycles. The number of anilines is 1. The molecular weight excluding hydrogens is 391 g/mol. The van der Waals surface area contributed by atoms with Crippen LogP contribution in [0.15, 0.2) is 48.9 Å². The fraction of sp³-hybridized carbons (Fsp3) is 0.190. The van der Waals surface area contributed by atoms with Gasteiger partial charge in [0.25, 0.3) is 0 Å². The third-order valence-corrected chi connectivity index (χ3v) is 4.76. The Hall–Kier alpha value is -3.03. The fourth-order valence-electron chi connectivity index (χ4n) is 3.25. The molecule has 0 fully saturated rings. The Morgan fingerprint density at radius 1 is 1.14 bits per heavy atom. The highest BCUT2D eigenvalue weighted by Gasteiger charge is 2.09. The second-order valence-corrected chi connectivity index (χ2v) is 7.08. The zero-order chi connectivity index (χ0) is 20.2. The van der Waals surface area contributed by atoms with E-state index >= 15 is 0 Å². The quantitative estimate of drug-likeness (QED) is 0.398. The van der Waals surface area contributed by atoms with E-state index in [4.69, 9.17) is 11.6 Å². The van der Waals surface area contributed by atoms with Crippen LogP contribution in [-0.2, 0) is 13.0 Å². The lowest BCUT2D eigenvalue weighted by molar-refractivity contribution is 0.622. The molecule has 4 rings (SSSR count). The van der Waals surface area contributed by atoms with Gasteiger partial charge >= 0.3 is 0 Å². The van der Waals surface area contributed by atoms with Gasteiger partial charge in [0.05, 0.1) is 6.20 Å². The third kappa shape index (κ3) is 4.52. The molecule has 0 saturated heterocycles. The van der Waals surface area contributed by atoms with Crippen LogP contribution in [0.3, 0.4) is 0 Å². The molecule has 6 nitrogen and oxygen atoms in total. The van der Waals surface area contributed by atoms with Crippen LogP contribution in [0.4, 0.5) is 10.2 Å². The molecule has 3 N–H and O–H groups in total. The summed E-state index contributed by atoms with van der Waals surface area (Å²) >= 11 is 6.12. The van der Waals surface area contributed by atoms with Gasteiger partial charge in [-0.2, -0.15) is 0 Å². The largest absolute Gasteiger partial charge is 0.370 e. The Labute approximate surface area is 172 Å². The van der Waals surface area contributed by atoms with Gasteiger partial charge in [-0.15, -0.1) is 0 Å². The van der Waals surface area contributed by atoms with Crippen molar-refractivity contribution >= 4 is 28.3 Å². The minimum Gasteiger partial charge on any atom is -0.370 e. The highest BCUT2D eigenvalue weighted by atomic mass is 35.5. The van der Waals surface area contributed by atoms with Gasteiger partial charge in [-0.3, -0.25) is 4.98 Å². The number of nitrogens with one attached hydrogen (secondary N) is 3. The van der Waals surface area contributed by atoms with Crippen molar-refractivity contribution in [2.75, 3.05) is 18.9 Å². The van der Waals surface area contributed by atoms with E-state index < -0.39 is 5.82 Å². The summed E-state index contributed by atoms with van der Waals surface area (Å²) in [5.74, 6) is 0.467. The van der Waals surface area contributed by atoms with Crippen molar-refractivity contribution in [2.24, 2.45) is 0 Å². The summed E-state index contributed by atoms with van der Waals surface area (Å²) in [6.07, 6.45) is 5.49. The van der Waals surface area contributed by atoms with Crippen LogP contribution in [0.2, 0.25) is 5.15 Å². The molecule has 0 aliphatic carbocycles. The van der Waals surface area contributed by atoms with Crippen molar-refractivity contribution in [3.63, 3.8) is 0 Å². The first-order valence-corrected chi connectivity index (χ1v) is 9.63. The highest BCUT2D eigenvalue weighted by molar-refractivity contribution is 6.29. The molecule has 0 radical (unpaired) electrons. The molecule has 1 aromatic carbocycles. The number of benzene rings is 1. The van der Waals surface area contributed by atoms with E-state index in [0.29, 0.717) is 23.8 Å². The second kappa shape index (κ2) is 8.55. The van der Waals surface area contributed by atoms with Crippen molar-refractivity contribution in [3.05, 3.63) is 71.0 Å². The molecule has 148 valence electrons. The first-order valence-electron chi connectivity index (χ1n) is 9.25. The van der Waals surface area contributed by atoms with Crippen LogP contribution in [0, 0.1) is 5.82 Å². The Balaban J connectivity index is 1.46. The number of H-pyrrole nitrogens is 1. The number of aromatic nitrogens is 4. The van der Waals surface area contributed by atoms with Crippen molar-refractivity contribution in [2.45, 2.75) is 13.0 Å². The smallest absolute Gasteiger partial charge is 0.164 e. The Morgan fingerprint density at radius 2 is 2.03 bits per heavy atom. The average Bonchev–Trinajstić information content (AvgIpc) is 3.10. The van der Waals surface area contributed by atoms with Crippen molar-refractivity contribution < 1.29 is 4.39 Å². The van der Waals surface area contributed by atoms with E-state index in [9.17, 15) is 4.39 Å². The van der Waals surface area contributed by atoms with Crippen LogP contribution in [0.5, 0.6) is 0 Å². The number of hydrogen-bond donors (Lipinski definition) is 3. The number of hydrogen-bond acceptors (Lipinski definition) is 5. The molecule has 4 aromatic rings. The summed E-state index contributed by atoms with van der Waals surface area (Å²) in [6.45, 7) is 1.50. The SMILES string of the molecule is CNCc1ccc2c(CCNc3cc(Cl)nc(-c4cncc(F)c4)n3)c[nH]c2c1. The predicted molar refractivity (Wildman–Crippen MR) is 113 cm³/mol. The van der Waals surface area contributed by atoms with Crippen LogP contribution in [0.25, 0.3) is 22.3 Å². The average molecular weight is 411 g/mol. The van der Waals surface area contributed by atoms with E-state index in [1.165, 1.54) is 28.8 Å². The van der Waals surface area contributed by atoms with Gasteiger partial charge in [-0.25, -0.2) is 14.4 Å². The normalized spacial score (nSPS) is 11.1. The van der Waals surface area contributed by atoms with Gasteiger partial charge in [0.1, 0.15) is 16.8 Å². The molecular formula is C21H20ClFN6. The number of pyridine rings is 1. The Bertz CT molecular complexity index is 1140.